The van der Waals surface area contributed by atoms with Crippen LogP contribution in [-0.2, 0) is 4.79 Å². The van der Waals surface area contributed by atoms with Crippen LogP contribution in [0.1, 0.15) is 25.7 Å². The highest BCUT2D eigenvalue weighted by Crippen LogP contribution is 2.26. The number of nitrogens with two attached hydrogens (primary N) is 1. The fourth-order valence-corrected chi connectivity index (χ4v) is 2.81. The lowest BCUT2D eigenvalue weighted by Gasteiger charge is -2.25. The van der Waals surface area contributed by atoms with E-state index in [4.69, 9.17) is 5.73 Å². The molecule has 0 radical (unpaired) electrons. The first kappa shape index (κ1) is 13.8. The summed E-state index contributed by atoms with van der Waals surface area (Å²) in [5.41, 5.74) is 7.57. The molecule has 1 fully saturated rings. The number of anilines is 1. The van der Waals surface area contributed by atoms with Gasteiger partial charge in [0.25, 0.3) is 0 Å². The van der Waals surface area contributed by atoms with E-state index in [2.05, 4.69) is 10.4 Å². The third-order valence-corrected chi connectivity index (χ3v) is 4.06. The monoisotopic (exact) mass is 284 g/mol. The lowest BCUT2D eigenvalue weighted by molar-refractivity contribution is -0.120. The molecule has 0 unspecified atom stereocenters. The molecular formula is C16H20N4O. The van der Waals surface area contributed by atoms with Crippen molar-refractivity contribution < 1.29 is 4.79 Å². The summed E-state index contributed by atoms with van der Waals surface area (Å²) in [7, 11) is 0. The Bertz CT molecular complexity index is 600. The molecule has 0 saturated heterocycles. The number of carbonyl (C=O) groups excluding carboxylic acids is 1. The minimum absolute atomic E-state index is 0.0653. The van der Waals surface area contributed by atoms with Gasteiger partial charge in [0.05, 0.1) is 11.4 Å². The van der Waals surface area contributed by atoms with Gasteiger partial charge < -0.3 is 11.1 Å². The van der Waals surface area contributed by atoms with E-state index in [-0.39, 0.29) is 17.9 Å². The Kier molecular flexibility index (Phi) is 4.01. The first-order valence-electron chi connectivity index (χ1n) is 7.39. The third-order valence-electron chi connectivity index (χ3n) is 4.06. The predicted octanol–water partition coefficient (Wildman–Crippen LogP) is 2.33. The molecule has 1 aromatic carbocycles. The van der Waals surface area contributed by atoms with Crippen molar-refractivity contribution in [2.24, 2.45) is 11.7 Å². The van der Waals surface area contributed by atoms with E-state index in [1.807, 2.05) is 36.5 Å². The maximum Gasteiger partial charge on any atom is 0.227 e. The summed E-state index contributed by atoms with van der Waals surface area (Å²) in [6.45, 7) is 0. The quantitative estimate of drug-likeness (QED) is 0.908. The number of nitrogens with one attached hydrogen (secondary N) is 1. The number of rotatable bonds is 3. The average molecular weight is 284 g/mol. The molecule has 0 spiro atoms. The number of hydrogen-bond acceptors (Lipinski definition) is 3. The van der Waals surface area contributed by atoms with E-state index in [0.29, 0.717) is 0 Å². The van der Waals surface area contributed by atoms with Gasteiger partial charge in [0.2, 0.25) is 5.91 Å². The molecule has 110 valence electrons. The minimum atomic E-state index is 0.0653. The maximum atomic E-state index is 12.4. The van der Waals surface area contributed by atoms with Crippen LogP contribution >= 0.6 is 0 Å². The minimum Gasteiger partial charge on any atom is -0.328 e. The molecule has 3 rings (SSSR count). The highest BCUT2D eigenvalue weighted by Gasteiger charge is 2.25. The van der Waals surface area contributed by atoms with E-state index in [0.717, 1.165) is 37.1 Å². The molecule has 1 aliphatic rings. The second kappa shape index (κ2) is 6.10. The number of benzene rings is 1. The van der Waals surface area contributed by atoms with E-state index in [1.54, 1.807) is 10.9 Å². The molecule has 1 aromatic heterocycles. The molecule has 21 heavy (non-hydrogen) atoms. The Morgan fingerprint density at radius 2 is 1.95 bits per heavy atom. The van der Waals surface area contributed by atoms with Crippen molar-refractivity contribution in [3.05, 3.63) is 42.7 Å². The van der Waals surface area contributed by atoms with Crippen LogP contribution in [0.15, 0.2) is 42.7 Å². The topological polar surface area (TPSA) is 72.9 Å². The Morgan fingerprint density at radius 3 is 2.67 bits per heavy atom. The highest BCUT2D eigenvalue weighted by molar-refractivity contribution is 5.94. The number of carbonyl (C=O) groups is 1. The molecule has 5 heteroatoms. The van der Waals surface area contributed by atoms with Crippen molar-refractivity contribution in [2.45, 2.75) is 31.7 Å². The van der Waals surface area contributed by atoms with Crippen LogP contribution in [-0.4, -0.2) is 21.7 Å². The van der Waals surface area contributed by atoms with Crippen molar-refractivity contribution in [1.82, 2.24) is 9.78 Å². The van der Waals surface area contributed by atoms with E-state index in [9.17, 15) is 4.79 Å². The van der Waals surface area contributed by atoms with Crippen molar-refractivity contribution in [1.29, 1.82) is 0 Å². The second-order valence-corrected chi connectivity index (χ2v) is 5.57. The van der Waals surface area contributed by atoms with E-state index in [1.165, 1.54) is 0 Å². The van der Waals surface area contributed by atoms with Crippen LogP contribution in [0.3, 0.4) is 0 Å². The number of hydrogen-bond donors (Lipinski definition) is 2. The summed E-state index contributed by atoms with van der Waals surface area (Å²) in [5.74, 6) is 0.150. The van der Waals surface area contributed by atoms with Gasteiger partial charge in [-0.2, -0.15) is 5.10 Å². The molecule has 0 bridgehead atoms. The zero-order chi connectivity index (χ0) is 14.7. The maximum absolute atomic E-state index is 12.4. The Labute approximate surface area is 124 Å². The van der Waals surface area contributed by atoms with Gasteiger partial charge in [0.15, 0.2) is 0 Å². The Hall–Kier alpha value is -2.14. The predicted molar refractivity (Wildman–Crippen MR) is 82.1 cm³/mol. The van der Waals surface area contributed by atoms with Crippen LogP contribution in [0.25, 0.3) is 5.69 Å². The van der Waals surface area contributed by atoms with Crippen molar-refractivity contribution in [3.8, 4) is 5.69 Å². The van der Waals surface area contributed by atoms with Crippen molar-refractivity contribution in [3.63, 3.8) is 0 Å². The molecule has 2 aromatic rings. The molecule has 0 atom stereocenters. The normalized spacial score (nSPS) is 22.0. The van der Waals surface area contributed by atoms with Crippen LogP contribution in [0.5, 0.6) is 0 Å². The second-order valence-electron chi connectivity index (χ2n) is 5.57. The van der Waals surface area contributed by atoms with Gasteiger partial charge in [-0.05, 0) is 43.9 Å². The van der Waals surface area contributed by atoms with Crippen LogP contribution in [0.2, 0.25) is 0 Å². The lowest BCUT2D eigenvalue weighted by atomic mass is 9.86. The van der Waals surface area contributed by atoms with Gasteiger partial charge >= 0.3 is 0 Å². The van der Waals surface area contributed by atoms with Gasteiger partial charge in [-0.1, -0.05) is 12.1 Å². The number of para-hydroxylation sites is 2. The zero-order valence-corrected chi connectivity index (χ0v) is 11.9. The van der Waals surface area contributed by atoms with Crippen LogP contribution in [0.4, 0.5) is 5.69 Å². The summed E-state index contributed by atoms with van der Waals surface area (Å²) < 4.78 is 1.76. The molecule has 0 aliphatic heterocycles. The number of nitrogens with zero attached hydrogens (tertiary/aromatic N) is 2. The van der Waals surface area contributed by atoms with Crippen molar-refractivity contribution >= 4 is 11.6 Å². The van der Waals surface area contributed by atoms with E-state index < -0.39 is 0 Å². The molecule has 3 N–H and O–H groups in total. The Morgan fingerprint density at radius 1 is 1.19 bits per heavy atom. The first-order chi connectivity index (χ1) is 10.2. The van der Waals surface area contributed by atoms with Gasteiger partial charge in [0.1, 0.15) is 0 Å². The summed E-state index contributed by atoms with van der Waals surface area (Å²) >= 11 is 0. The molecule has 1 heterocycles. The number of aromatic nitrogens is 2. The SMILES string of the molecule is NC1CCC(C(=O)Nc2ccccc2-n2cccn2)CC1. The standard InChI is InChI=1S/C16H20N4O/c17-13-8-6-12(7-9-13)16(21)19-14-4-1-2-5-15(14)20-11-3-10-18-20/h1-5,10-13H,6-9,17H2,(H,19,21). The summed E-state index contributed by atoms with van der Waals surface area (Å²) in [6.07, 6.45) is 7.19. The largest absolute Gasteiger partial charge is 0.328 e. The van der Waals surface area contributed by atoms with E-state index >= 15 is 0 Å². The average Bonchev–Trinajstić information content (AvgIpc) is 3.02. The van der Waals surface area contributed by atoms with Crippen LogP contribution < -0.4 is 11.1 Å². The van der Waals surface area contributed by atoms with Gasteiger partial charge in [-0.15, -0.1) is 0 Å². The Balaban J connectivity index is 1.75. The first-order valence-corrected chi connectivity index (χ1v) is 7.39. The zero-order valence-electron chi connectivity index (χ0n) is 11.9. The molecular weight excluding hydrogens is 264 g/mol. The van der Waals surface area contributed by atoms with Gasteiger partial charge in [-0.25, -0.2) is 4.68 Å². The summed E-state index contributed by atoms with van der Waals surface area (Å²) in [4.78, 5) is 12.4. The fourth-order valence-electron chi connectivity index (χ4n) is 2.81. The van der Waals surface area contributed by atoms with Crippen molar-refractivity contribution in [2.75, 3.05) is 5.32 Å². The molecule has 1 amide bonds. The molecule has 1 aliphatic carbocycles. The number of amides is 1. The van der Waals surface area contributed by atoms with Gasteiger partial charge in [0, 0.05) is 24.4 Å². The molecule has 5 nitrogen and oxygen atoms in total. The van der Waals surface area contributed by atoms with Crippen LogP contribution in [0, 0.1) is 5.92 Å². The van der Waals surface area contributed by atoms with Gasteiger partial charge in [-0.3, -0.25) is 4.79 Å². The summed E-state index contributed by atoms with van der Waals surface area (Å²) in [6, 6.07) is 9.82. The smallest absolute Gasteiger partial charge is 0.227 e. The highest BCUT2D eigenvalue weighted by atomic mass is 16.1. The fraction of sp³-hybridized carbons (Fsp3) is 0.375. The molecule has 1 saturated carbocycles. The third kappa shape index (κ3) is 3.13. The summed E-state index contributed by atoms with van der Waals surface area (Å²) in [5, 5.41) is 7.27. The lowest BCUT2D eigenvalue weighted by Crippen LogP contribution is -2.32.